The van der Waals surface area contributed by atoms with Gasteiger partial charge in [0.25, 0.3) is 0 Å². The van der Waals surface area contributed by atoms with Crippen LogP contribution < -0.4 is 16.2 Å². The number of carbonyl (C=O) groups is 1. The number of carbonyl (C=O) groups excluding carboxylic acids is 1. The van der Waals surface area contributed by atoms with Gasteiger partial charge in [0.2, 0.25) is 5.91 Å². The summed E-state index contributed by atoms with van der Waals surface area (Å²) in [4.78, 5) is 12.1. The number of anilines is 1. The minimum Gasteiger partial charge on any atom is -0.331 e. The van der Waals surface area contributed by atoms with Crippen LogP contribution in [0.1, 0.15) is 12.5 Å². The molecule has 0 spiro atoms. The van der Waals surface area contributed by atoms with Crippen molar-refractivity contribution in [2.24, 2.45) is 5.92 Å². The highest BCUT2D eigenvalue weighted by atomic mass is 79.9. The first kappa shape index (κ1) is 17.4. The normalized spacial score (nSPS) is 11.6. The fraction of sp³-hybridized carbons (Fsp3) is 0.267. The van der Waals surface area contributed by atoms with Crippen LogP contribution >= 0.6 is 28.1 Å². The van der Waals surface area contributed by atoms with Crippen molar-refractivity contribution in [2.45, 2.75) is 20.4 Å². The van der Waals surface area contributed by atoms with E-state index in [4.69, 9.17) is 12.2 Å². The number of hydrazine groups is 1. The average Bonchev–Trinajstić information content (AvgIpc) is 2.92. The molecule has 2 aromatic rings. The van der Waals surface area contributed by atoms with Crippen molar-refractivity contribution in [3.05, 3.63) is 46.7 Å². The Morgan fingerprint density at radius 3 is 2.78 bits per heavy atom. The molecule has 2 rings (SSSR count). The van der Waals surface area contributed by atoms with Gasteiger partial charge in [-0.1, -0.05) is 25.1 Å². The Morgan fingerprint density at radius 1 is 1.39 bits per heavy atom. The molecule has 1 atom stereocenters. The molecule has 8 heteroatoms. The highest BCUT2D eigenvalue weighted by molar-refractivity contribution is 9.10. The van der Waals surface area contributed by atoms with E-state index < -0.39 is 0 Å². The molecule has 3 N–H and O–H groups in total. The van der Waals surface area contributed by atoms with Crippen LogP contribution in [0.4, 0.5) is 5.69 Å². The molecule has 0 saturated heterocycles. The molecule has 0 fully saturated rings. The van der Waals surface area contributed by atoms with Gasteiger partial charge >= 0.3 is 0 Å². The van der Waals surface area contributed by atoms with Crippen molar-refractivity contribution in [2.75, 3.05) is 5.32 Å². The van der Waals surface area contributed by atoms with Crippen molar-refractivity contribution in [1.82, 2.24) is 20.6 Å². The lowest BCUT2D eigenvalue weighted by Crippen LogP contribution is -2.46. The number of aryl methyl sites for hydroxylation is 1. The summed E-state index contributed by atoms with van der Waals surface area (Å²) in [5, 5.41) is 7.50. The second-order valence-corrected chi connectivity index (χ2v) is 6.49. The Balaban J connectivity index is 1.79. The molecule has 1 aromatic heterocycles. The topological polar surface area (TPSA) is 71.0 Å². The number of para-hydroxylation sites is 1. The summed E-state index contributed by atoms with van der Waals surface area (Å²) in [5.74, 6) is -0.416. The lowest BCUT2D eigenvalue weighted by Gasteiger charge is -2.15. The predicted molar refractivity (Wildman–Crippen MR) is 97.8 cm³/mol. The number of nitrogens with one attached hydrogen (secondary N) is 3. The van der Waals surface area contributed by atoms with Gasteiger partial charge in [-0.25, -0.2) is 0 Å². The van der Waals surface area contributed by atoms with Crippen LogP contribution in [-0.2, 0) is 11.3 Å². The summed E-state index contributed by atoms with van der Waals surface area (Å²) in [6.45, 7) is 4.29. The van der Waals surface area contributed by atoms with Crippen molar-refractivity contribution in [1.29, 1.82) is 0 Å². The number of aromatic nitrogens is 2. The quantitative estimate of drug-likeness (QED) is 0.548. The van der Waals surface area contributed by atoms with Crippen LogP contribution in [0.2, 0.25) is 0 Å². The Morgan fingerprint density at radius 2 is 2.13 bits per heavy atom. The molecule has 0 aliphatic heterocycles. The number of halogens is 1. The first-order valence-corrected chi connectivity index (χ1v) is 8.26. The Hall–Kier alpha value is -1.93. The summed E-state index contributed by atoms with van der Waals surface area (Å²) < 4.78 is 2.59. The molecular weight excluding hydrogens is 378 g/mol. The molecule has 0 aliphatic rings. The van der Waals surface area contributed by atoms with Crippen molar-refractivity contribution in [3.8, 4) is 0 Å². The first-order chi connectivity index (χ1) is 11.0. The van der Waals surface area contributed by atoms with Gasteiger partial charge in [0.05, 0.1) is 23.1 Å². The number of thiocarbonyl (C=S) groups is 1. The van der Waals surface area contributed by atoms with Gasteiger partial charge < -0.3 is 5.32 Å². The molecule has 1 heterocycles. The lowest BCUT2D eigenvalue weighted by molar-refractivity contribution is -0.125. The highest BCUT2D eigenvalue weighted by Gasteiger charge is 2.14. The van der Waals surface area contributed by atoms with E-state index in [1.165, 1.54) is 0 Å². The molecule has 1 amide bonds. The SMILES string of the molecule is Cc1ccccc1NC(=S)NNC(=O)[C@@H](C)Cn1cc(Br)cn1. The van der Waals surface area contributed by atoms with Gasteiger partial charge in [-0.3, -0.25) is 20.3 Å². The fourth-order valence-corrected chi connectivity index (χ4v) is 2.40. The number of hydrogen-bond donors (Lipinski definition) is 3. The molecule has 6 nitrogen and oxygen atoms in total. The maximum absolute atomic E-state index is 12.1. The monoisotopic (exact) mass is 395 g/mol. The largest absolute Gasteiger partial charge is 0.331 e. The van der Waals surface area contributed by atoms with Gasteiger partial charge in [-0.15, -0.1) is 0 Å². The molecule has 0 saturated carbocycles. The van der Waals surface area contributed by atoms with Crippen LogP contribution in [0.5, 0.6) is 0 Å². The lowest BCUT2D eigenvalue weighted by atomic mass is 10.2. The molecular formula is C15H18BrN5OS. The minimum absolute atomic E-state index is 0.162. The molecule has 23 heavy (non-hydrogen) atoms. The summed E-state index contributed by atoms with van der Waals surface area (Å²) in [6, 6.07) is 7.77. The second-order valence-electron chi connectivity index (χ2n) is 5.16. The molecule has 0 aliphatic carbocycles. The number of hydrogen-bond acceptors (Lipinski definition) is 3. The van der Waals surface area contributed by atoms with Gasteiger partial charge in [-0.2, -0.15) is 5.10 Å². The van der Waals surface area contributed by atoms with Crippen LogP contribution in [0, 0.1) is 12.8 Å². The summed E-state index contributed by atoms with van der Waals surface area (Å²) >= 11 is 8.50. The van der Waals surface area contributed by atoms with E-state index >= 15 is 0 Å². The fourth-order valence-electron chi connectivity index (χ4n) is 1.91. The minimum atomic E-state index is -0.254. The third-order valence-electron chi connectivity index (χ3n) is 3.20. The highest BCUT2D eigenvalue weighted by Crippen LogP contribution is 2.12. The zero-order chi connectivity index (χ0) is 16.8. The molecule has 122 valence electrons. The van der Waals surface area contributed by atoms with E-state index in [1.807, 2.05) is 44.3 Å². The van der Waals surface area contributed by atoms with Gasteiger partial charge in [-0.05, 0) is 46.7 Å². The van der Waals surface area contributed by atoms with E-state index in [2.05, 4.69) is 37.2 Å². The van der Waals surface area contributed by atoms with E-state index in [-0.39, 0.29) is 11.8 Å². The van der Waals surface area contributed by atoms with Crippen LogP contribution in [-0.4, -0.2) is 20.8 Å². The van der Waals surface area contributed by atoms with E-state index in [0.29, 0.717) is 11.7 Å². The number of amides is 1. The van der Waals surface area contributed by atoms with Crippen molar-refractivity contribution in [3.63, 3.8) is 0 Å². The summed E-state index contributed by atoms with van der Waals surface area (Å²) in [7, 11) is 0. The average molecular weight is 396 g/mol. The summed E-state index contributed by atoms with van der Waals surface area (Å²) in [6.07, 6.45) is 3.51. The predicted octanol–water partition coefficient (Wildman–Crippen LogP) is 2.61. The van der Waals surface area contributed by atoms with Crippen LogP contribution in [0.15, 0.2) is 41.1 Å². The van der Waals surface area contributed by atoms with Crippen LogP contribution in [0.3, 0.4) is 0 Å². The van der Waals surface area contributed by atoms with Crippen LogP contribution in [0.25, 0.3) is 0 Å². The Kier molecular flexibility index (Phi) is 6.12. The Bertz CT molecular complexity index is 703. The Labute approximate surface area is 148 Å². The van der Waals surface area contributed by atoms with E-state index in [9.17, 15) is 4.79 Å². The maximum atomic E-state index is 12.1. The van der Waals surface area contributed by atoms with Crippen molar-refractivity contribution >= 4 is 44.9 Å². The first-order valence-electron chi connectivity index (χ1n) is 7.06. The van der Waals surface area contributed by atoms with E-state index in [0.717, 1.165) is 15.7 Å². The zero-order valence-electron chi connectivity index (χ0n) is 12.8. The molecule has 0 unspecified atom stereocenters. The standard InChI is InChI=1S/C15H18BrN5OS/c1-10-5-3-4-6-13(10)18-15(23)20-19-14(22)11(2)8-21-9-12(16)7-17-21/h3-7,9,11H,8H2,1-2H3,(H,19,22)(H2,18,20,23)/t11-/m0/s1. The van der Waals surface area contributed by atoms with Gasteiger partial charge in [0, 0.05) is 11.9 Å². The third-order valence-corrected chi connectivity index (χ3v) is 3.82. The summed E-state index contributed by atoms with van der Waals surface area (Å²) in [5.41, 5.74) is 7.28. The smallest absolute Gasteiger partial charge is 0.243 e. The molecule has 0 bridgehead atoms. The number of benzene rings is 1. The zero-order valence-corrected chi connectivity index (χ0v) is 15.2. The maximum Gasteiger partial charge on any atom is 0.243 e. The molecule has 1 aromatic carbocycles. The number of nitrogens with zero attached hydrogens (tertiary/aromatic N) is 2. The number of rotatable bonds is 4. The van der Waals surface area contributed by atoms with Gasteiger partial charge in [0.1, 0.15) is 0 Å². The van der Waals surface area contributed by atoms with Crippen molar-refractivity contribution < 1.29 is 4.79 Å². The molecule has 0 radical (unpaired) electrons. The second kappa shape index (κ2) is 8.07. The third kappa shape index (κ3) is 5.33. The van der Waals surface area contributed by atoms with E-state index in [1.54, 1.807) is 10.9 Å². The van der Waals surface area contributed by atoms with Gasteiger partial charge in [0.15, 0.2) is 5.11 Å².